The first-order valence-corrected chi connectivity index (χ1v) is 5.50. The van der Waals surface area contributed by atoms with Crippen molar-refractivity contribution in [2.24, 2.45) is 11.7 Å². The molecular weight excluding hydrogens is 190 g/mol. The second-order valence-corrected chi connectivity index (χ2v) is 3.83. The van der Waals surface area contributed by atoms with E-state index in [4.69, 9.17) is 10.5 Å². The maximum atomic E-state index is 6.21. The number of nitrogens with two attached hydrogens (primary N) is 1. The number of methoxy groups -OCH3 is 1. The first-order chi connectivity index (χ1) is 7.15. The summed E-state index contributed by atoms with van der Waals surface area (Å²) in [5, 5.41) is 4.25. The monoisotopic (exact) mass is 211 g/mol. The topological polar surface area (TPSA) is 53.1 Å². The number of ether oxygens (including phenoxy) is 1. The third-order valence-corrected chi connectivity index (χ3v) is 2.94. The molecule has 2 atom stereocenters. The summed E-state index contributed by atoms with van der Waals surface area (Å²) in [4.78, 5) is 0. The third-order valence-electron chi connectivity index (χ3n) is 2.94. The summed E-state index contributed by atoms with van der Waals surface area (Å²) < 4.78 is 7.19. The lowest BCUT2D eigenvalue weighted by Gasteiger charge is -2.20. The van der Waals surface area contributed by atoms with Gasteiger partial charge in [-0.15, -0.1) is 0 Å². The zero-order valence-corrected chi connectivity index (χ0v) is 10.0. The molecule has 1 heterocycles. The number of rotatable bonds is 5. The van der Waals surface area contributed by atoms with Crippen LogP contribution in [0.5, 0.6) is 5.75 Å². The van der Waals surface area contributed by atoms with Crippen LogP contribution in [0.1, 0.15) is 38.9 Å². The molecular formula is C11H21N3O. The van der Waals surface area contributed by atoms with Crippen molar-refractivity contribution in [3.05, 3.63) is 11.9 Å². The largest absolute Gasteiger partial charge is 0.493 e. The highest BCUT2D eigenvalue weighted by Crippen LogP contribution is 2.29. The van der Waals surface area contributed by atoms with Gasteiger partial charge in [0, 0.05) is 6.54 Å². The first kappa shape index (κ1) is 12.0. The summed E-state index contributed by atoms with van der Waals surface area (Å²) in [5.74, 6) is 1.23. The van der Waals surface area contributed by atoms with E-state index in [0.717, 1.165) is 24.4 Å². The molecule has 0 spiro atoms. The van der Waals surface area contributed by atoms with Gasteiger partial charge in [-0.3, -0.25) is 4.68 Å². The van der Waals surface area contributed by atoms with E-state index in [1.165, 1.54) is 0 Å². The van der Waals surface area contributed by atoms with Crippen LogP contribution in [-0.4, -0.2) is 16.9 Å². The lowest BCUT2D eigenvalue weighted by Crippen LogP contribution is -2.22. The lowest BCUT2D eigenvalue weighted by atomic mass is 9.97. The highest BCUT2D eigenvalue weighted by atomic mass is 16.5. The van der Waals surface area contributed by atoms with Gasteiger partial charge in [-0.05, 0) is 12.8 Å². The summed E-state index contributed by atoms with van der Waals surface area (Å²) in [6.45, 7) is 7.17. The molecule has 0 amide bonds. The van der Waals surface area contributed by atoms with Crippen LogP contribution >= 0.6 is 0 Å². The Kier molecular flexibility index (Phi) is 4.15. The molecule has 0 fully saturated rings. The van der Waals surface area contributed by atoms with E-state index in [1.54, 1.807) is 13.3 Å². The Bertz CT molecular complexity index is 287. The number of nitrogens with zero attached hydrogens (tertiary/aromatic N) is 2. The minimum atomic E-state index is -0.00704. The molecule has 0 aromatic carbocycles. The molecule has 0 aliphatic heterocycles. The smallest absolute Gasteiger partial charge is 0.161 e. The van der Waals surface area contributed by atoms with Gasteiger partial charge >= 0.3 is 0 Å². The van der Waals surface area contributed by atoms with E-state index in [-0.39, 0.29) is 6.04 Å². The molecule has 1 aromatic heterocycles. The fourth-order valence-electron chi connectivity index (χ4n) is 1.65. The van der Waals surface area contributed by atoms with Crippen LogP contribution in [0, 0.1) is 5.92 Å². The molecule has 0 aliphatic rings. The van der Waals surface area contributed by atoms with Crippen molar-refractivity contribution in [3.63, 3.8) is 0 Å². The lowest BCUT2D eigenvalue weighted by molar-refractivity contribution is 0.376. The molecule has 4 nitrogen and oxygen atoms in total. The van der Waals surface area contributed by atoms with Gasteiger partial charge in [0.25, 0.3) is 0 Å². The van der Waals surface area contributed by atoms with Crippen LogP contribution in [0.15, 0.2) is 6.20 Å². The molecule has 86 valence electrons. The summed E-state index contributed by atoms with van der Waals surface area (Å²) in [7, 11) is 1.66. The normalized spacial score (nSPS) is 15.0. The zero-order chi connectivity index (χ0) is 11.4. The van der Waals surface area contributed by atoms with Crippen molar-refractivity contribution in [3.8, 4) is 5.75 Å². The molecule has 0 bridgehead atoms. The quantitative estimate of drug-likeness (QED) is 0.810. The fourth-order valence-corrected chi connectivity index (χ4v) is 1.65. The fraction of sp³-hybridized carbons (Fsp3) is 0.727. The summed E-state index contributed by atoms with van der Waals surface area (Å²) in [5.41, 5.74) is 7.21. The highest BCUT2D eigenvalue weighted by molar-refractivity contribution is 5.28. The minimum Gasteiger partial charge on any atom is -0.493 e. The van der Waals surface area contributed by atoms with E-state index in [0.29, 0.717) is 5.92 Å². The van der Waals surface area contributed by atoms with Gasteiger partial charge in [0.1, 0.15) is 0 Å². The van der Waals surface area contributed by atoms with Crippen molar-refractivity contribution in [1.82, 2.24) is 9.78 Å². The van der Waals surface area contributed by atoms with E-state index in [9.17, 15) is 0 Å². The molecule has 0 radical (unpaired) electrons. The number of hydrogen-bond donors (Lipinski definition) is 1. The van der Waals surface area contributed by atoms with Crippen LogP contribution in [0.2, 0.25) is 0 Å². The maximum Gasteiger partial charge on any atom is 0.161 e. The highest BCUT2D eigenvalue weighted by Gasteiger charge is 2.21. The van der Waals surface area contributed by atoms with Crippen molar-refractivity contribution in [2.45, 2.75) is 39.8 Å². The van der Waals surface area contributed by atoms with Crippen molar-refractivity contribution >= 4 is 0 Å². The average molecular weight is 211 g/mol. The molecule has 0 saturated carbocycles. The molecule has 15 heavy (non-hydrogen) atoms. The molecule has 2 unspecified atom stereocenters. The second kappa shape index (κ2) is 5.16. The Balaban J connectivity index is 3.03. The molecule has 0 saturated heterocycles. The van der Waals surface area contributed by atoms with Crippen molar-refractivity contribution in [1.29, 1.82) is 0 Å². The number of aromatic nitrogens is 2. The molecule has 2 N–H and O–H groups in total. The average Bonchev–Trinajstić information content (AvgIpc) is 2.69. The van der Waals surface area contributed by atoms with E-state index >= 15 is 0 Å². The first-order valence-electron chi connectivity index (χ1n) is 5.50. The molecule has 0 aliphatic carbocycles. The van der Waals surface area contributed by atoms with E-state index in [2.05, 4.69) is 25.9 Å². The summed E-state index contributed by atoms with van der Waals surface area (Å²) in [6.07, 6.45) is 2.79. The standard InChI is InChI=1S/C11H21N3O/c1-5-8(3)10(12)11-9(15-4)7-13-14(11)6-2/h7-8,10H,5-6,12H2,1-4H3. The Morgan fingerprint density at radius 3 is 2.67 bits per heavy atom. The molecule has 1 rings (SSSR count). The Morgan fingerprint density at radius 1 is 1.53 bits per heavy atom. The Morgan fingerprint density at radius 2 is 2.20 bits per heavy atom. The SMILES string of the molecule is CCC(C)C(N)c1c(OC)cnn1CC. The van der Waals surface area contributed by atoms with Gasteiger partial charge < -0.3 is 10.5 Å². The van der Waals surface area contributed by atoms with Gasteiger partial charge in [-0.25, -0.2) is 0 Å². The second-order valence-electron chi connectivity index (χ2n) is 3.83. The van der Waals surface area contributed by atoms with Gasteiger partial charge in [0.2, 0.25) is 0 Å². The van der Waals surface area contributed by atoms with E-state index in [1.807, 2.05) is 4.68 Å². The van der Waals surface area contributed by atoms with Crippen molar-refractivity contribution in [2.75, 3.05) is 7.11 Å². The Hall–Kier alpha value is -1.03. The van der Waals surface area contributed by atoms with Gasteiger partial charge in [0.15, 0.2) is 5.75 Å². The maximum absolute atomic E-state index is 6.21. The minimum absolute atomic E-state index is 0.00704. The summed E-state index contributed by atoms with van der Waals surface area (Å²) in [6, 6.07) is -0.00704. The van der Waals surface area contributed by atoms with Gasteiger partial charge in [-0.2, -0.15) is 5.10 Å². The molecule has 4 heteroatoms. The Labute approximate surface area is 91.4 Å². The predicted molar refractivity (Wildman–Crippen MR) is 60.8 cm³/mol. The zero-order valence-electron chi connectivity index (χ0n) is 10.0. The predicted octanol–water partition coefficient (Wildman–Crippen LogP) is 1.96. The molecule has 1 aromatic rings. The van der Waals surface area contributed by atoms with Gasteiger partial charge in [-0.1, -0.05) is 20.3 Å². The van der Waals surface area contributed by atoms with Crippen LogP contribution < -0.4 is 10.5 Å². The van der Waals surface area contributed by atoms with Crippen LogP contribution in [0.3, 0.4) is 0 Å². The number of aryl methyl sites for hydroxylation is 1. The third kappa shape index (κ3) is 2.31. The van der Waals surface area contributed by atoms with Crippen LogP contribution in [-0.2, 0) is 6.54 Å². The van der Waals surface area contributed by atoms with Gasteiger partial charge in [0.05, 0.1) is 25.0 Å². The van der Waals surface area contributed by atoms with Crippen LogP contribution in [0.4, 0.5) is 0 Å². The number of hydrogen-bond acceptors (Lipinski definition) is 3. The van der Waals surface area contributed by atoms with Crippen LogP contribution in [0.25, 0.3) is 0 Å². The summed E-state index contributed by atoms with van der Waals surface area (Å²) >= 11 is 0. The van der Waals surface area contributed by atoms with E-state index < -0.39 is 0 Å². The van der Waals surface area contributed by atoms with Crippen molar-refractivity contribution < 1.29 is 4.74 Å².